The number of fused-ring (bicyclic) bond motifs is 1. The summed E-state index contributed by atoms with van der Waals surface area (Å²) in [6.07, 6.45) is 7.71. The van der Waals surface area contributed by atoms with E-state index in [-0.39, 0.29) is 48.6 Å². The first-order valence-electron chi connectivity index (χ1n) is 10.8. The van der Waals surface area contributed by atoms with Gasteiger partial charge in [-0.05, 0) is 36.8 Å². The summed E-state index contributed by atoms with van der Waals surface area (Å²) >= 11 is 1.25. The van der Waals surface area contributed by atoms with E-state index in [1.54, 1.807) is 36.4 Å². The average Bonchev–Trinajstić information content (AvgIpc) is 3.21. The molecule has 2 aliphatic rings. The Hall–Kier alpha value is -3.07. The number of hydrogen-bond donors (Lipinski definition) is 2. The Morgan fingerprint density at radius 3 is 2.73 bits per heavy atom. The number of hydrogen-bond acceptors (Lipinski definition) is 9. The van der Waals surface area contributed by atoms with E-state index >= 15 is 0 Å². The molecule has 2 N–H and O–H groups in total. The van der Waals surface area contributed by atoms with E-state index in [1.807, 2.05) is 13.0 Å². The van der Waals surface area contributed by atoms with Crippen LogP contribution in [-0.4, -0.2) is 65.1 Å². The number of Topliss-reactive ketones (excluding diaryl/α,β-unsaturated/α-hetero) is 2. The Morgan fingerprint density at radius 2 is 2.06 bits per heavy atom. The highest BCUT2D eigenvalue weighted by molar-refractivity contribution is 8.13. The number of aromatic hydroxyl groups is 1. The predicted molar refractivity (Wildman–Crippen MR) is 126 cm³/mol. The second-order valence-electron chi connectivity index (χ2n) is 7.77. The minimum atomic E-state index is -0.531. The van der Waals surface area contributed by atoms with Crippen LogP contribution in [0.5, 0.6) is 11.5 Å². The number of benzene rings is 1. The molecule has 0 saturated carbocycles. The highest BCUT2D eigenvalue weighted by atomic mass is 32.2. The molecule has 0 bridgehead atoms. The Labute approximate surface area is 197 Å². The molecular formula is C24H28N2O6S. The summed E-state index contributed by atoms with van der Waals surface area (Å²) < 4.78 is 10.3. The summed E-state index contributed by atoms with van der Waals surface area (Å²) in [6.45, 7) is 3.92. The number of esters is 1. The van der Waals surface area contributed by atoms with Crippen LogP contribution in [0.1, 0.15) is 29.8 Å². The highest BCUT2D eigenvalue weighted by Gasteiger charge is 2.38. The molecule has 1 heterocycles. The Bertz CT molecular complexity index is 1030. The fourth-order valence-corrected chi connectivity index (χ4v) is 4.39. The third kappa shape index (κ3) is 5.47. The molecule has 2 unspecified atom stereocenters. The van der Waals surface area contributed by atoms with Gasteiger partial charge >= 0.3 is 5.97 Å². The first-order valence-corrected chi connectivity index (χ1v) is 12.0. The van der Waals surface area contributed by atoms with Crippen molar-refractivity contribution < 1.29 is 29.0 Å². The van der Waals surface area contributed by atoms with Crippen molar-refractivity contribution in [3.63, 3.8) is 0 Å². The Kier molecular flexibility index (Phi) is 7.97. The van der Waals surface area contributed by atoms with Crippen molar-refractivity contribution in [3.8, 4) is 11.5 Å². The van der Waals surface area contributed by atoms with Gasteiger partial charge in [-0.25, -0.2) is 4.79 Å². The van der Waals surface area contributed by atoms with E-state index in [0.717, 1.165) is 5.57 Å². The van der Waals surface area contributed by atoms with Gasteiger partial charge in [-0.2, -0.15) is 0 Å². The van der Waals surface area contributed by atoms with Gasteiger partial charge in [0.15, 0.2) is 18.2 Å². The number of allylic oxidation sites excluding steroid dienone is 2. The molecule has 1 aromatic carbocycles. The molecule has 176 valence electrons. The van der Waals surface area contributed by atoms with Gasteiger partial charge in [-0.15, -0.1) is 11.8 Å². The van der Waals surface area contributed by atoms with Crippen molar-refractivity contribution in [2.75, 3.05) is 32.6 Å². The molecule has 2 atom stereocenters. The lowest BCUT2D eigenvalue weighted by Gasteiger charge is -2.23. The molecule has 9 heteroatoms. The molecule has 0 amide bonds. The molecule has 8 nitrogen and oxygen atoms in total. The first kappa shape index (κ1) is 24.6. The Balaban J connectivity index is 1.69. The van der Waals surface area contributed by atoms with E-state index < -0.39 is 11.9 Å². The molecule has 33 heavy (non-hydrogen) atoms. The first-order chi connectivity index (χ1) is 15.8. The average molecular weight is 473 g/mol. The topological polar surface area (TPSA) is 117 Å². The summed E-state index contributed by atoms with van der Waals surface area (Å²) in [5.74, 6) is -1.63. The van der Waals surface area contributed by atoms with Crippen LogP contribution in [0.4, 0.5) is 0 Å². The predicted octanol–water partition coefficient (Wildman–Crippen LogP) is 2.99. The molecule has 3 rings (SSSR count). The molecule has 1 aliphatic heterocycles. The number of nitrogens with one attached hydrogen (secondary N) is 1. The maximum Gasteiger partial charge on any atom is 0.344 e. The van der Waals surface area contributed by atoms with Gasteiger partial charge < -0.3 is 19.5 Å². The van der Waals surface area contributed by atoms with Crippen LogP contribution in [0.3, 0.4) is 0 Å². The summed E-state index contributed by atoms with van der Waals surface area (Å²) in [5, 5.41) is 18.7. The van der Waals surface area contributed by atoms with Crippen LogP contribution >= 0.6 is 11.8 Å². The maximum atomic E-state index is 13.0. The number of phenols is 1. The molecule has 1 aromatic rings. The standard InChI is InChI=1S/C24H28N2O6S/c1-4-14-8-17(19(27)9-21(14)32-13-22(29)31-5-2)20(28)12-26-10-15-6-7-16(24(25)33-3)23(30)18(15)11-26/h6-10,16,18,25,27H,4-5,11-13H2,1-3H3. The van der Waals surface area contributed by atoms with Gasteiger partial charge in [0, 0.05) is 18.8 Å². The molecule has 1 aliphatic carbocycles. The van der Waals surface area contributed by atoms with E-state index in [4.69, 9.17) is 14.9 Å². The third-order valence-electron chi connectivity index (χ3n) is 5.64. The van der Waals surface area contributed by atoms with E-state index in [1.165, 1.54) is 17.8 Å². The second kappa shape index (κ2) is 10.7. The van der Waals surface area contributed by atoms with Crippen molar-refractivity contribution in [1.29, 1.82) is 5.41 Å². The monoisotopic (exact) mass is 472 g/mol. The number of carbonyl (C=O) groups is 3. The number of nitrogens with zero attached hydrogens (tertiary/aromatic N) is 1. The number of ether oxygens (including phenoxy) is 2. The Morgan fingerprint density at radius 1 is 1.30 bits per heavy atom. The fraction of sp³-hybridized carbons (Fsp3) is 0.417. The second-order valence-corrected chi connectivity index (χ2v) is 8.61. The lowest BCUT2D eigenvalue weighted by molar-refractivity contribution is -0.145. The van der Waals surface area contributed by atoms with Gasteiger partial charge in [-0.3, -0.25) is 15.0 Å². The van der Waals surface area contributed by atoms with Crippen LogP contribution in [0, 0.1) is 17.2 Å². The SMILES string of the molecule is CCOC(=O)COc1cc(O)c(C(=O)CN2C=C3C=CC(C(=N)SC)C(=O)C3C2)cc1CC. The number of ketones is 2. The minimum Gasteiger partial charge on any atom is -0.507 e. The third-order valence-corrected chi connectivity index (χ3v) is 6.34. The number of carbonyl (C=O) groups excluding carboxylic acids is 3. The molecule has 0 fully saturated rings. The molecule has 0 radical (unpaired) electrons. The fourth-order valence-electron chi connectivity index (χ4n) is 3.94. The number of rotatable bonds is 9. The lowest BCUT2D eigenvalue weighted by atomic mass is 9.84. The largest absolute Gasteiger partial charge is 0.507 e. The van der Waals surface area contributed by atoms with Crippen LogP contribution in [0.25, 0.3) is 0 Å². The van der Waals surface area contributed by atoms with Crippen LogP contribution in [0.2, 0.25) is 0 Å². The van der Waals surface area contributed by atoms with Gasteiger partial charge in [0.05, 0.1) is 35.6 Å². The van der Waals surface area contributed by atoms with Crippen molar-refractivity contribution in [2.24, 2.45) is 11.8 Å². The van der Waals surface area contributed by atoms with Crippen molar-refractivity contribution in [3.05, 3.63) is 47.2 Å². The summed E-state index contributed by atoms with van der Waals surface area (Å²) in [7, 11) is 0. The van der Waals surface area contributed by atoms with Crippen molar-refractivity contribution >= 4 is 34.3 Å². The van der Waals surface area contributed by atoms with Gasteiger partial charge in [0.1, 0.15) is 11.5 Å². The van der Waals surface area contributed by atoms with Crippen LogP contribution in [0.15, 0.2) is 36.1 Å². The van der Waals surface area contributed by atoms with Gasteiger partial charge in [0.25, 0.3) is 0 Å². The summed E-state index contributed by atoms with van der Waals surface area (Å²) in [6, 6.07) is 2.92. The maximum absolute atomic E-state index is 13.0. The highest BCUT2D eigenvalue weighted by Crippen LogP contribution is 2.34. The summed E-state index contributed by atoms with van der Waals surface area (Å²) in [5.41, 5.74) is 1.68. The van der Waals surface area contributed by atoms with E-state index in [2.05, 4.69) is 0 Å². The summed E-state index contributed by atoms with van der Waals surface area (Å²) in [4.78, 5) is 39.1. The smallest absolute Gasteiger partial charge is 0.344 e. The zero-order valence-electron chi connectivity index (χ0n) is 18.9. The lowest BCUT2D eigenvalue weighted by Crippen LogP contribution is -2.34. The normalized spacial score (nSPS) is 19.2. The van der Waals surface area contributed by atoms with E-state index in [9.17, 15) is 19.5 Å². The molecular weight excluding hydrogens is 444 g/mol. The quantitative estimate of drug-likeness (QED) is 0.244. The number of phenolic OH excluding ortho intramolecular Hbond substituents is 1. The van der Waals surface area contributed by atoms with Crippen molar-refractivity contribution in [2.45, 2.75) is 20.3 Å². The van der Waals surface area contributed by atoms with Crippen molar-refractivity contribution in [1.82, 2.24) is 4.90 Å². The molecule has 0 saturated heterocycles. The number of thioether (sulfide) groups is 1. The van der Waals surface area contributed by atoms with Crippen LogP contribution in [-0.2, 0) is 20.7 Å². The van der Waals surface area contributed by atoms with Gasteiger partial charge in [0.2, 0.25) is 0 Å². The zero-order chi connectivity index (χ0) is 24.1. The molecule has 0 aromatic heterocycles. The molecule has 0 spiro atoms. The zero-order valence-corrected chi connectivity index (χ0v) is 19.7. The van der Waals surface area contributed by atoms with Gasteiger partial charge in [-0.1, -0.05) is 19.1 Å². The van der Waals surface area contributed by atoms with Crippen LogP contribution < -0.4 is 4.74 Å². The number of aryl methyl sites for hydroxylation is 1. The van der Waals surface area contributed by atoms with E-state index in [0.29, 0.717) is 29.3 Å². The minimum absolute atomic E-state index is 0.00546.